The standard InChI is InChI=1S/C16H23N3O2/c1-5-13-15(20)18-12(9-10(2)3)16(21)19(13)14-7-6-8-17-11(14)4/h6-8,10,12-13H,5,9H2,1-4H3,(H,18,20). The predicted octanol–water partition coefficient (Wildman–Crippen LogP) is 2.05. The zero-order valence-corrected chi connectivity index (χ0v) is 13.1. The number of hydrogen-bond acceptors (Lipinski definition) is 3. The third kappa shape index (κ3) is 3.06. The maximum atomic E-state index is 12.8. The molecule has 2 heterocycles. The molecule has 114 valence electrons. The van der Waals surface area contributed by atoms with E-state index in [9.17, 15) is 9.59 Å². The van der Waals surface area contributed by atoms with E-state index in [0.29, 0.717) is 18.8 Å². The van der Waals surface area contributed by atoms with Crippen LogP contribution in [0.2, 0.25) is 0 Å². The number of piperazine rings is 1. The second-order valence-electron chi connectivity index (χ2n) is 5.93. The lowest BCUT2D eigenvalue weighted by Gasteiger charge is -2.39. The van der Waals surface area contributed by atoms with Crippen molar-refractivity contribution in [3.8, 4) is 0 Å². The normalized spacial score (nSPS) is 22.6. The van der Waals surface area contributed by atoms with Crippen LogP contribution in [0.25, 0.3) is 0 Å². The monoisotopic (exact) mass is 289 g/mol. The van der Waals surface area contributed by atoms with Crippen molar-refractivity contribution in [1.82, 2.24) is 10.3 Å². The SMILES string of the molecule is CCC1C(=O)NC(CC(C)C)C(=O)N1c1cccnc1C. The fourth-order valence-electron chi connectivity index (χ4n) is 2.78. The summed E-state index contributed by atoms with van der Waals surface area (Å²) in [5, 5.41) is 2.87. The Morgan fingerprint density at radius 1 is 1.38 bits per heavy atom. The van der Waals surface area contributed by atoms with E-state index in [2.05, 4.69) is 10.3 Å². The topological polar surface area (TPSA) is 62.3 Å². The van der Waals surface area contributed by atoms with Crippen molar-refractivity contribution in [2.75, 3.05) is 4.90 Å². The van der Waals surface area contributed by atoms with Crippen LogP contribution in [0.4, 0.5) is 5.69 Å². The molecule has 0 radical (unpaired) electrons. The minimum absolute atomic E-state index is 0.0359. The van der Waals surface area contributed by atoms with Crippen molar-refractivity contribution in [2.45, 2.75) is 52.6 Å². The maximum absolute atomic E-state index is 12.8. The summed E-state index contributed by atoms with van der Waals surface area (Å²) in [4.78, 5) is 31.0. The number of amides is 2. The number of anilines is 1. The Morgan fingerprint density at radius 3 is 2.67 bits per heavy atom. The lowest BCUT2D eigenvalue weighted by atomic mass is 9.97. The van der Waals surface area contributed by atoms with Gasteiger partial charge in [-0.1, -0.05) is 20.8 Å². The highest BCUT2D eigenvalue weighted by Crippen LogP contribution is 2.26. The molecule has 5 heteroatoms. The highest BCUT2D eigenvalue weighted by molar-refractivity contribution is 6.08. The zero-order chi connectivity index (χ0) is 15.6. The maximum Gasteiger partial charge on any atom is 0.250 e. The van der Waals surface area contributed by atoms with Gasteiger partial charge in [0.25, 0.3) is 0 Å². The summed E-state index contributed by atoms with van der Waals surface area (Å²) >= 11 is 0. The Bertz CT molecular complexity index is 542. The lowest BCUT2D eigenvalue weighted by Crippen LogP contribution is -2.63. The van der Waals surface area contributed by atoms with Gasteiger partial charge in [0.15, 0.2) is 0 Å². The molecule has 0 saturated carbocycles. The van der Waals surface area contributed by atoms with E-state index in [1.807, 2.05) is 33.8 Å². The molecule has 1 fully saturated rings. The smallest absolute Gasteiger partial charge is 0.250 e. The first-order valence-corrected chi connectivity index (χ1v) is 7.50. The van der Waals surface area contributed by atoms with E-state index < -0.39 is 12.1 Å². The number of aromatic nitrogens is 1. The van der Waals surface area contributed by atoms with Crippen LogP contribution in [-0.4, -0.2) is 28.9 Å². The number of rotatable bonds is 4. The van der Waals surface area contributed by atoms with E-state index in [0.717, 1.165) is 11.4 Å². The number of hydrogen-bond donors (Lipinski definition) is 1. The van der Waals surface area contributed by atoms with E-state index >= 15 is 0 Å². The summed E-state index contributed by atoms with van der Waals surface area (Å²) in [5.41, 5.74) is 1.50. The van der Waals surface area contributed by atoms with Crippen LogP contribution in [0, 0.1) is 12.8 Å². The summed E-state index contributed by atoms with van der Waals surface area (Å²) in [5.74, 6) is 0.228. The average molecular weight is 289 g/mol. The second-order valence-corrected chi connectivity index (χ2v) is 5.93. The highest BCUT2D eigenvalue weighted by Gasteiger charge is 2.41. The molecule has 1 aliphatic rings. The van der Waals surface area contributed by atoms with Gasteiger partial charge in [0, 0.05) is 6.20 Å². The van der Waals surface area contributed by atoms with E-state index in [4.69, 9.17) is 0 Å². The molecule has 2 unspecified atom stereocenters. The Labute approximate surface area is 125 Å². The van der Waals surface area contributed by atoms with Crippen molar-refractivity contribution in [3.05, 3.63) is 24.0 Å². The van der Waals surface area contributed by atoms with Crippen LogP contribution in [0.15, 0.2) is 18.3 Å². The Balaban J connectivity index is 2.40. The minimum atomic E-state index is -0.455. The number of carbonyl (C=O) groups excluding carboxylic acids is 2. The van der Waals surface area contributed by atoms with Gasteiger partial charge in [-0.05, 0) is 37.8 Å². The van der Waals surface area contributed by atoms with Crippen LogP contribution in [0.1, 0.15) is 39.3 Å². The third-order valence-corrected chi connectivity index (χ3v) is 3.80. The van der Waals surface area contributed by atoms with Crippen molar-refractivity contribution in [3.63, 3.8) is 0 Å². The summed E-state index contributed by atoms with van der Waals surface area (Å²) in [6.07, 6.45) is 2.93. The first kappa shape index (κ1) is 15.5. The molecule has 1 aliphatic heterocycles. The summed E-state index contributed by atoms with van der Waals surface area (Å²) in [6, 6.07) is 2.75. The van der Waals surface area contributed by atoms with Gasteiger partial charge in [-0.3, -0.25) is 19.5 Å². The zero-order valence-electron chi connectivity index (χ0n) is 13.1. The first-order valence-electron chi connectivity index (χ1n) is 7.50. The molecule has 5 nitrogen and oxygen atoms in total. The molecule has 1 saturated heterocycles. The Morgan fingerprint density at radius 2 is 2.10 bits per heavy atom. The molecule has 1 N–H and O–H groups in total. The molecule has 0 bridgehead atoms. The van der Waals surface area contributed by atoms with Crippen LogP contribution >= 0.6 is 0 Å². The number of nitrogens with one attached hydrogen (secondary N) is 1. The molecular formula is C16H23N3O2. The molecule has 2 atom stereocenters. The van der Waals surface area contributed by atoms with Crippen molar-refractivity contribution in [1.29, 1.82) is 0 Å². The molecule has 2 amide bonds. The van der Waals surface area contributed by atoms with Crippen LogP contribution in [0.5, 0.6) is 0 Å². The Hall–Kier alpha value is -1.91. The average Bonchev–Trinajstić information content (AvgIpc) is 2.42. The summed E-state index contributed by atoms with van der Waals surface area (Å²) in [7, 11) is 0. The van der Waals surface area contributed by atoms with E-state index in [1.165, 1.54) is 0 Å². The second kappa shape index (κ2) is 6.24. The molecule has 0 aliphatic carbocycles. The van der Waals surface area contributed by atoms with Crippen LogP contribution < -0.4 is 10.2 Å². The molecule has 0 spiro atoms. The lowest BCUT2D eigenvalue weighted by molar-refractivity contribution is -0.134. The van der Waals surface area contributed by atoms with E-state index in [-0.39, 0.29) is 11.8 Å². The number of carbonyl (C=O) groups is 2. The minimum Gasteiger partial charge on any atom is -0.342 e. The van der Waals surface area contributed by atoms with Crippen molar-refractivity contribution in [2.24, 2.45) is 5.92 Å². The first-order chi connectivity index (χ1) is 9.95. The van der Waals surface area contributed by atoms with Gasteiger partial charge in [-0.2, -0.15) is 0 Å². The van der Waals surface area contributed by atoms with Gasteiger partial charge in [-0.15, -0.1) is 0 Å². The fraction of sp³-hybridized carbons (Fsp3) is 0.562. The quantitative estimate of drug-likeness (QED) is 0.922. The third-order valence-electron chi connectivity index (χ3n) is 3.80. The fourth-order valence-corrected chi connectivity index (χ4v) is 2.78. The molecular weight excluding hydrogens is 266 g/mol. The summed E-state index contributed by atoms with van der Waals surface area (Å²) < 4.78 is 0. The predicted molar refractivity (Wildman–Crippen MR) is 81.9 cm³/mol. The van der Waals surface area contributed by atoms with Crippen molar-refractivity contribution < 1.29 is 9.59 Å². The largest absolute Gasteiger partial charge is 0.342 e. The van der Waals surface area contributed by atoms with Crippen molar-refractivity contribution >= 4 is 17.5 Å². The summed E-state index contributed by atoms with van der Waals surface area (Å²) in [6.45, 7) is 7.87. The van der Waals surface area contributed by atoms with Gasteiger partial charge in [0.1, 0.15) is 12.1 Å². The van der Waals surface area contributed by atoms with Gasteiger partial charge in [-0.25, -0.2) is 0 Å². The number of pyridine rings is 1. The number of nitrogens with zero attached hydrogens (tertiary/aromatic N) is 2. The molecule has 1 aromatic rings. The van der Waals surface area contributed by atoms with Gasteiger partial charge in [0.05, 0.1) is 11.4 Å². The molecule has 0 aromatic carbocycles. The molecule has 21 heavy (non-hydrogen) atoms. The van der Waals surface area contributed by atoms with Gasteiger partial charge >= 0.3 is 0 Å². The number of aryl methyl sites for hydroxylation is 1. The van der Waals surface area contributed by atoms with Crippen LogP contribution in [-0.2, 0) is 9.59 Å². The molecule has 1 aromatic heterocycles. The Kier molecular flexibility index (Phi) is 4.60. The molecule has 2 rings (SSSR count). The highest BCUT2D eigenvalue weighted by atomic mass is 16.2. The van der Waals surface area contributed by atoms with E-state index in [1.54, 1.807) is 17.2 Å². The van der Waals surface area contributed by atoms with Crippen LogP contribution in [0.3, 0.4) is 0 Å². The van der Waals surface area contributed by atoms with Gasteiger partial charge in [0.2, 0.25) is 11.8 Å². The van der Waals surface area contributed by atoms with Gasteiger partial charge < -0.3 is 5.32 Å².